The van der Waals surface area contributed by atoms with Gasteiger partial charge in [-0.3, -0.25) is 4.79 Å². The van der Waals surface area contributed by atoms with Crippen LogP contribution in [0.3, 0.4) is 0 Å². The molecule has 1 aromatic heterocycles. The lowest BCUT2D eigenvalue weighted by atomic mass is 10.1. The lowest BCUT2D eigenvalue weighted by molar-refractivity contribution is 0.0761. The molecule has 4 nitrogen and oxygen atoms in total. The third kappa shape index (κ3) is 3.49. The van der Waals surface area contributed by atoms with Gasteiger partial charge in [0.15, 0.2) is 5.76 Å². The highest BCUT2D eigenvalue weighted by Gasteiger charge is 2.16. The van der Waals surface area contributed by atoms with Crippen LogP contribution in [0, 0.1) is 0 Å². The first-order valence-corrected chi connectivity index (χ1v) is 7.95. The molecule has 24 heavy (non-hydrogen) atoms. The van der Waals surface area contributed by atoms with E-state index in [2.05, 4.69) is 0 Å². The topological polar surface area (TPSA) is 50.5 Å². The van der Waals surface area contributed by atoms with Gasteiger partial charge in [0.25, 0.3) is 5.91 Å². The number of amides is 1. The van der Waals surface area contributed by atoms with Gasteiger partial charge >= 0.3 is 5.63 Å². The molecular formula is C19H16ClNO3. The zero-order chi connectivity index (χ0) is 17.1. The number of fused-ring (bicyclic) bond motifs is 1. The third-order valence-electron chi connectivity index (χ3n) is 3.88. The molecule has 1 heterocycles. The van der Waals surface area contributed by atoms with E-state index in [1.165, 1.54) is 0 Å². The summed E-state index contributed by atoms with van der Waals surface area (Å²) in [5.74, 6) is -0.260. The highest BCUT2D eigenvalue weighted by Crippen LogP contribution is 2.14. The number of rotatable bonds is 4. The Morgan fingerprint density at radius 3 is 2.58 bits per heavy atom. The number of benzene rings is 2. The fourth-order valence-corrected chi connectivity index (χ4v) is 2.60. The molecule has 1 amide bonds. The average molecular weight is 342 g/mol. The first kappa shape index (κ1) is 16.3. The van der Waals surface area contributed by atoms with Gasteiger partial charge in [0.2, 0.25) is 0 Å². The summed E-state index contributed by atoms with van der Waals surface area (Å²) < 4.78 is 5.18. The van der Waals surface area contributed by atoms with Gasteiger partial charge in [-0.1, -0.05) is 41.9 Å². The molecule has 0 fully saturated rings. The monoisotopic (exact) mass is 341 g/mol. The van der Waals surface area contributed by atoms with Crippen LogP contribution in [0.2, 0.25) is 5.02 Å². The lowest BCUT2D eigenvalue weighted by Gasteiger charge is -2.16. The maximum Gasteiger partial charge on any atom is 0.344 e. The molecule has 3 rings (SSSR count). The van der Waals surface area contributed by atoms with Crippen LogP contribution in [-0.2, 0) is 6.42 Å². The molecule has 2 aromatic carbocycles. The molecule has 0 unspecified atom stereocenters. The first-order chi connectivity index (χ1) is 11.5. The normalized spacial score (nSPS) is 10.8. The number of hydrogen-bond donors (Lipinski definition) is 0. The fourth-order valence-electron chi connectivity index (χ4n) is 2.48. The van der Waals surface area contributed by atoms with Gasteiger partial charge < -0.3 is 9.32 Å². The predicted molar refractivity (Wildman–Crippen MR) is 94.6 cm³/mol. The van der Waals surface area contributed by atoms with E-state index >= 15 is 0 Å². The molecule has 3 aromatic rings. The van der Waals surface area contributed by atoms with Crippen molar-refractivity contribution in [3.8, 4) is 0 Å². The van der Waals surface area contributed by atoms with E-state index in [0.29, 0.717) is 28.8 Å². The minimum absolute atomic E-state index is 0.0531. The van der Waals surface area contributed by atoms with Crippen molar-refractivity contribution < 1.29 is 9.21 Å². The van der Waals surface area contributed by atoms with Crippen molar-refractivity contribution in [3.05, 3.63) is 81.4 Å². The number of halogens is 1. The van der Waals surface area contributed by atoms with E-state index in [4.69, 9.17) is 16.0 Å². The van der Waals surface area contributed by atoms with E-state index in [9.17, 15) is 9.59 Å². The SMILES string of the molecule is CN(CCc1ccc(Cl)cc1)C(=O)c1cc2ccccc2c(=O)o1. The summed E-state index contributed by atoms with van der Waals surface area (Å²) >= 11 is 5.86. The first-order valence-electron chi connectivity index (χ1n) is 7.57. The third-order valence-corrected chi connectivity index (χ3v) is 4.13. The minimum atomic E-state index is -0.498. The van der Waals surface area contributed by atoms with Crippen LogP contribution in [0.5, 0.6) is 0 Å². The van der Waals surface area contributed by atoms with Crippen molar-refractivity contribution in [1.82, 2.24) is 4.90 Å². The Kier molecular flexibility index (Phi) is 4.67. The number of likely N-dealkylation sites (N-methyl/N-ethyl adjacent to an activating group) is 1. The van der Waals surface area contributed by atoms with Gasteiger partial charge in [-0.25, -0.2) is 4.79 Å². The Hall–Kier alpha value is -2.59. The highest BCUT2D eigenvalue weighted by atomic mass is 35.5. The molecule has 0 saturated carbocycles. The molecular weight excluding hydrogens is 326 g/mol. The van der Waals surface area contributed by atoms with Crippen molar-refractivity contribution in [1.29, 1.82) is 0 Å². The lowest BCUT2D eigenvalue weighted by Crippen LogP contribution is -2.29. The Bertz CT molecular complexity index is 931. The van der Waals surface area contributed by atoms with Crippen LogP contribution in [0.4, 0.5) is 0 Å². The smallest absolute Gasteiger partial charge is 0.344 e. The van der Waals surface area contributed by atoms with Gasteiger partial charge in [-0.2, -0.15) is 0 Å². The molecule has 0 N–H and O–H groups in total. The second-order valence-electron chi connectivity index (χ2n) is 5.59. The van der Waals surface area contributed by atoms with Crippen LogP contribution in [0.15, 0.2) is 63.8 Å². The van der Waals surface area contributed by atoms with E-state index in [0.717, 1.165) is 5.56 Å². The summed E-state index contributed by atoms with van der Waals surface area (Å²) in [6.07, 6.45) is 0.692. The van der Waals surface area contributed by atoms with Gasteiger partial charge in [-0.15, -0.1) is 0 Å². The molecule has 0 aliphatic carbocycles. The fraction of sp³-hybridized carbons (Fsp3) is 0.158. The summed E-state index contributed by atoms with van der Waals surface area (Å²) in [7, 11) is 1.69. The van der Waals surface area contributed by atoms with E-state index < -0.39 is 5.63 Å². The minimum Gasteiger partial charge on any atom is -0.417 e. The maximum atomic E-state index is 12.5. The van der Waals surface area contributed by atoms with E-state index in [1.54, 1.807) is 36.2 Å². The van der Waals surface area contributed by atoms with Crippen molar-refractivity contribution in [2.45, 2.75) is 6.42 Å². The Balaban J connectivity index is 1.75. The van der Waals surface area contributed by atoms with Gasteiger partial charge in [0.1, 0.15) is 0 Å². The number of hydrogen-bond acceptors (Lipinski definition) is 3. The van der Waals surface area contributed by atoms with Crippen LogP contribution >= 0.6 is 11.6 Å². The Morgan fingerprint density at radius 1 is 1.12 bits per heavy atom. The Morgan fingerprint density at radius 2 is 1.83 bits per heavy atom. The standard InChI is InChI=1S/C19H16ClNO3/c1-21(11-10-13-6-8-15(20)9-7-13)18(22)17-12-14-4-2-3-5-16(14)19(23)24-17/h2-9,12H,10-11H2,1H3. The van der Waals surface area contributed by atoms with Crippen molar-refractivity contribution in [3.63, 3.8) is 0 Å². The molecule has 5 heteroatoms. The maximum absolute atomic E-state index is 12.5. The van der Waals surface area contributed by atoms with Gasteiger partial charge in [0.05, 0.1) is 5.39 Å². The molecule has 0 aliphatic rings. The second kappa shape index (κ2) is 6.89. The van der Waals surface area contributed by atoms with Crippen molar-refractivity contribution in [2.24, 2.45) is 0 Å². The summed E-state index contributed by atoms with van der Waals surface area (Å²) in [6, 6.07) is 16.2. The quantitative estimate of drug-likeness (QED) is 0.726. The second-order valence-corrected chi connectivity index (χ2v) is 6.02. The average Bonchev–Trinajstić information content (AvgIpc) is 2.60. The number of carbonyl (C=O) groups excluding carboxylic acids is 1. The summed E-state index contributed by atoms with van der Waals surface area (Å²) in [6.45, 7) is 0.511. The van der Waals surface area contributed by atoms with Gasteiger partial charge in [0, 0.05) is 18.6 Å². The molecule has 0 radical (unpaired) electrons. The predicted octanol–water partition coefficient (Wildman–Crippen LogP) is 3.76. The van der Waals surface area contributed by atoms with Gasteiger partial charge in [-0.05, 0) is 41.6 Å². The summed E-state index contributed by atoms with van der Waals surface area (Å²) in [5.41, 5.74) is 0.585. The van der Waals surface area contributed by atoms with Crippen LogP contribution in [-0.4, -0.2) is 24.4 Å². The molecule has 0 spiro atoms. The highest BCUT2D eigenvalue weighted by molar-refractivity contribution is 6.30. The van der Waals surface area contributed by atoms with Crippen molar-refractivity contribution in [2.75, 3.05) is 13.6 Å². The van der Waals surface area contributed by atoms with E-state index in [-0.39, 0.29) is 11.7 Å². The molecule has 0 atom stereocenters. The molecule has 0 bridgehead atoms. The summed E-state index contributed by atoms with van der Waals surface area (Å²) in [5, 5.41) is 1.85. The molecule has 0 aliphatic heterocycles. The largest absolute Gasteiger partial charge is 0.417 e. The summed E-state index contributed by atoms with van der Waals surface area (Å²) in [4.78, 5) is 26.0. The number of nitrogens with zero attached hydrogens (tertiary/aromatic N) is 1. The van der Waals surface area contributed by atoms with E-state index in [1.807, 2.05) is 30.3 Å². The van der Waals surface area contributed by atoms with Crippen LogP contribution in [0.25, 0.3) is 10.8 Å². The zero-order valence-corrected chi connectivity index (χ0v) is 13.9. The molecule has 122 valence electrons. The van der Waals surface area contributed by atoms with Crippen LogP contribution < -0.4 is 5.63 Å². The van der Waals surface area contributed by atoms with Crippen LogP contribution in [0.1, 0.15) is 16.1 Å². The van der Waals surface area contributed by atoms with Crippen molar-refractivity contribution >= 4 is 28.3 Å². The zero-order valence-electron chi connectivity index (χ0n) is 13.2. The Labute approximate surface area is 144 Å². The molecule has 0 saturated heterocycles. The number of carbonyl (C=O) groups is 1.